The molecule has 0 spiro atoms. The summed E-state index contributed by atoms with van der Waals surface area (Å²) in [5, 5.41) is 23.6. The molecule has 2 aromatic heterocycles. The summed E-state index contributed by atoms with van der Waals surface area (Å²) in [6.45, 7) is 1.77. The normalized spacial score (nSPS) is 12.8. The molecule has 4 N–H and O–H groups in total. The Labute approximate surface area is 187 Å². The summed E-state index contributed by atoms with van der Waals surface area (Å²) in [5.74, 6) is 0.804. The van der Waals surface area contributed by atoms with Crippen LogP contribution < -0.4 is 10.6 Å². The summed E-state index contributed by atoms with van der Waals surface area (Å²) in [4.78, 5) is 9.18. The monoisotopic (exact) mass is 449 g/mol. The summed E-state index contributed by atoms with van der Waals surface area (Å²) in [5.41, 5.74) is 3.78. The quantitative estimate of drug-likeness (QED) is 0.301. The molecule has 10 heteroatoms. The standard InChI is InChI=1S/C22H22N6O3S/c1-14-11-19(28-27-14)18-12-23-22(24-16-7-9-17(10-8-16)32(30)31)26-21(18)25-20(13-29)15-5-3-2-4-6-15/h2-12,20,29H,13H2,1H3,(H,27,28)(H,30,31)(H2,23,24,25,26)/p-1/t20-/m1/s1. The lowest BCUT2D eigenvalue weighted by atomic mass is 10.1. The zero-order valence-corrected chi connectivity index (χ0v) is 18.0. The van der Waals surface area contributed by atoms with Gasteiger partial charge in [0.2, 0.25) is 5.95 Å². The molecule has 0 aliphatic heterocycles. The van der Waals surface area contributed by atoms with Gasteiger partial charge in [-0.1, -0.05) is 30.3 Å². The number of hydrogen-bond acceptors (Lipinski definition) is 8. The van der Waals surface area contributed by atoms with Crippen LogP contribution >= 0.6 is 0 Å². The Kier molecular flexibility index (Phi) is 6.55. The van der Waals surface area contributed by atoms with Crippen LogP contribution in [0.1, 0.15) is 17.3 Å². The number of aliphatic hydroxyl groups excluding tert-OH is 1. The van der Waals surface area contributed by atoms with Crippen molar-refractivity contribution in [3.8, 4) is 11.3 Å². The van der Waals surface area contributed by atoms with Gasteiger partial charge in [-0.05, 0) is 53.9 Å². The molecular weight excluding hydrogens is 428 g/mol. The van der Waals surface area contributed by atoms with E-state index in [0.717, 1.165) is 11.3 Å². The highest BCUT2D eigenvalue weighted by Gasteiger charge is 2.17. The molecule has 0 saturated heterocycles. The van der Waals surface area contributed by atoms with Crippen molar-refractivity contribution in [2.75, 3.05) is 17.2 Å². The van der Waals surface area contributed by atoms with Crippen molar-refractivity contribution in [2.45, 2.75) is 17.9 Å². The van der Waals surface area contributed by atoms with E-state index in [1.807, 2.05) is 43.3 Å². The van der Waals surface area contributed by atoms with Crippen molar-refractivity contribution in [1.82, 2.24) is 20.2 Å². The highest BCUT2D eigenvalue weighted by atomic mass is 32.2. The van der Waals surface area contributed by atoms with Gasteiger partial charge in [-0.15, -0.1) is 0 Å². The maximum absolute atomic E-state index is 11.1. The number of benzene rings is 2. The minimum Gasteiger partial charge on any atom is -0.768 e. The van der Waals surface area contributed by atoms with Crippen molar-refractivity contribution in [3.05, 3.63) is 78.1 Å². The second-order valence-electron chi connectivity index (χ2n) is 7.07. The van der Waals surface area contributed by atoms with Crippen LogP contribution in [0, 0.1) is 6.92 Å². The number of H-pyrrole nitrogens is 1. The van der Waals surface area contributed by atoms with E-state index in [1.165, 1.54) is 12.1 Å². The van der Waals surface area contributed by atoms with E-state index in [9.17, 15) is 13.9 Å². The number of rotatable bonds is 8. The third-order valence-corrected chi connectivity index (χ3v) is 5.43. The van der Waals surface area contributed by atoms with E-state index in [-0.39, 0.29) is 17.5 Å². The third kappa shape index (κ3) is 4.99. The van der Waals surface area contributed by atoms with Gasteiger partial charge >= 0.3 is 0 Å². The predicted molar refractivity (Wildman–Crippen MR) is 121 cm³/mol. The average molecular weight is 450 g/mol. The number of aromatic amines is 1. The van der Waals surface area contributed by atoms with Crippen molar-refractivity contribution >= 4 is 28.5 Å². The Hall–Kier alpha value is -3.60. The average Bonchev–Trinajstić information content (AvgIpc) is 3.24. The van der Waals surface area contributed by atoms with E-state index < -0.39 is 11.1 Å². The van der Waals surface area contributed by atoms with Gasteiger partial charge in [0.25, 0.3) is 0 Å². The van der Waals surface area contributed by atoms with Crippen LogP contribution in [0.4, 0.5) is 17.5 Å². The molecule has 0 fully saturated rings. The smallest absolute Gasteiger partial charge is 0.229 e. The molecule has 0 aliphatic rings. The topological polar surface area (TPSA) is 139 Å². The number of aryl methyl sites for hydroxylation is 1. The lowest BCUT2D eigenvalue weighted by Crippen LogP contribution is -2.17. The Bertz CT molecular complexity index is 1210. The van der Waals surface area contributed by atoms with E-state index >= 15 is 0 Å². The first-order valence-corrected chi connectivity index (χ1v) is 10.9. The summed E-state index contributed by atoms with van der Waals surface area (Å²) < 4.78 is 22.1. The van der Waals surface area contributed by atoms with Crippen LogP contribution in [0.2, 0.25) is 0 Å². The van der Waals surface area contributed by atoms with Crippen LogP contribution in [-0.2, 0) is 11.1 Å². The largest absolute Gasteiger partial charge is 0.768 e. The van der Waals surface area contributed by atoms with Gasteiger partial charge in [-0.2, -0.15) is 10.1 Å². The number of anilines is 3. The van der Waals surface area contributed by atoms with Crippen LogP contribution in [0.3, 0.4) is 0 Å². The second kappa shape index (κ2) is 9.69. The molecule has 2 aromatic carbocycles. The van der Waals surface area contributed by atoms with Crippen molar-refractivity contribution in [3.63, 3.8) is 0 Å². The summed E-state index contributed by atoms with van der Waals surface area (Å²) in [6, 6.07) is 17.3. The van der Waals surface area contributed by atoms with Gasteiger partial charge in [-0.3, -0.25) is 9.31 Å². The molecule has 32 heavy (non-hydrogen) atoms. The fourth-order valence-electron chi connectivity index (χ4n) is 3.16. The van der Waals surface area contributed by atoms with Gasteiger partial charge in [0.05, 0.1) is 23.9 Å². The zero-order valence-electron chi connectivity index (χ0n) is 17.1. The van der Waals surface area contributed by atoms with Gasteiger partial charge in [0.15, 0.2) is 0 Å². The fourth-order valence-corrected chi connectivity index (χ4v) is 3.52. The second-order valence-corrected chi connectivity index (χ2v) is 8.01. The molecule has 4 rings (SSSR count). The molecule has 4 aromatic rings. The first-order chi connectivity index (χ1) is 15.5. The van der Waals surface area contributed by atoms with Crippen LogP contribution in [0.5, 0.6) is 0 Å². The van der Waals surface area contributed by atoms with Crippen molar-refractivity contribution < 1.29 is 13.9 Å². The molecule has 0 aliphatic carbocycles. The van der Waals surface area contributed by atoms with E-state index in [1.54, 1.807) is 18.3 Å². The molecule has 9 nitrogen and oxygen atoms in total. The summed E-state index contributed by atoms with van der Waals surface area (Å²) >= 11 is -2.29. The Morgan fingerprint density at radius 1 is 1.16 bits per heavy atom. The molecule has 0 saturated carbocycles. The first kappa shape index (κ1) is 21.6. The van der Waals surface area contributed by atoms with E-state index in [4.69, 9.17) is 0 Å². The maximum Gasteiger partial charge on any atom is 0.229 e. The number of hydrogen-bond donors (Lipinski definition) is 4. The van der Waals surface area contributed by atoms with E-state index in [2.05, 4.69) is 30.8 Å². The maximum atomic E-state index is 11.1. The minimum absolute atomic E-state index is 0.135. The minimum atomic E-state index is -2.29. The molecule has 0 bridgehead atoms. The number of nitrogens with one attached hydrogen (secondary N) is 3. The van der Waals surface area contributed by atoms with E-state index in [0.29, 0.717) is 28.7 Å². The Morgan fingerprint density at radius 3 is 2.53 bits per heavy atom. The van der Waals surface area contributed by atoms with Gasteiger partial charge in [0.1, 0.15) is 5.82 Å². The van der Waals surface area contributed by atoms with Crippen LogP contribution in [-0.4, -0.2) is 40.6 Å². The van der Waals surface area contributed by atoms with Crippen LogP contribution in [0.15, 0.2) is 71.8 Å². The number of aliphatic hydroxyl groups is 1. The third-order valence-electron chi connectivity index (χ3n) is 4.77. The van der Waals surface area contributed by atoms with Crippen molar-refractivity contribution in [1.29, 1.82) is 0 Å². The fraction of sp³-hybridized carbons (Fsp3) is 0.136. The highest BCUT2D eigenvalue weighted by Crippen LogP contribution is 2.29. The van der Waals surface area contributed by atoms with Gasteiger partial charge < -0.3 is 20.3 Å². The van der Waals surface area contributed by atoms with Gasteiger partial charge in [0, 0.05) is 22.5 Å². The van der Waals surface area contributed by atoms with Crippen LogP contribution in [0.25, 0.3) is 11.3 Å². The lowest BCUT2D eigenvalue weighted by Gasteiger charge is -2.19. The Morgan fingerprint density at radius 2 is 1.91 bits per heavy atom. The first-order valence-electron chi connectivity index (χ1n) is 9.81. The predicted octanol–water partition coefficient (Wildman–Crippen LogP) is 3.30. The molecule has 164 valence electrons. The lowest BCUT2D eigenvalue weighted by molar-refractivity contribution is 0.276. The number of nitrogens with zero attached hydrogens (tertiary/aromatic N) is 3. The van der Waals surface area contributed by atoms with Gasteiger partial charge in [-0.25, -0.2) is 4.98 Å². The Balaban J connectivity index is 1.67. The molecule has 2 atom stereocenters. The summed E-state index contributed by atoms with van der Waals surface area (Å²) in [6.07, 6.45) is 1.65. The number of aromatic nitrogens is 4. The van der Waals surface area contributed by atoms with Crippen molar-refractivity contribution in [2.24, 2.45) is 0 Å². The SMILES string of the molecule is Cc1cc(-c2cnc(Nc3ccc(S(=O)[O-])cc3)nc2N[C@H](CO)c2ccccc2)n[nH]1. The molecular formula is C22H21N6O3S-. The summed E-state index contributed by atoms with van der Waals surface area (Å²) in [7, 11) is 0. The molecule has 0 radical (unpaired) electrons. The molecule has 2 heterocycles. The highest BCUT2D eigenvalue weighted by molar-refractivity contribution is 7.79. The zero-order chi connectivity index (χ0) is 22.5. The molecule has 0 amide bonds. The molecule has 1 unspecified atom stereocenters.